The van der Waals surface area contributed by atoms with Crippen molar-refractivity contribution in [2.45, 2.75) is 45.1 Å². The first-order valence-electron chi connectivity index (χ1n) is 7.24. The van der Waals surface area contributed by atoms with E-state index in [2.05, 4.69) is 9.97 Å². The molecule has 0 saturated carbocycles. The van der Waals surface area contributed by atoms with Gasteiger partial charge in [-0.25, -0.2) is 4.98 Å². The van der Waals surface area contributed by atoms with E-state index in [1.807, 2.05) is 13.8 Å². The normalized spacial score (nSPS) is 18.1. The molecule has 1 fully saturated rings. The summed E-state index contributed by atoms with van der Waals surface area (Å²) in [5.74, 6) is 0.848. The second-order valence-corrected chi connectivity index (χ2v) is 5.07. The Morgan fingerprint density at radius 3 is 2.65 bits per heavy atom. The van der Waals surface area contributed by atoms with E-state index in [0.29, 0.717) is 56.3 Å². The summed E-state index contributed by atoms with van der Waals surface area (Å²) in [7, 11) is 0. The SMILES string of the molecule is CCCc1c(N)nc(C2(OCC)CCOCC2)[nH]c1=O. The Balaban J connectivity index is 2.41. The Morgan fingerprint density at radius 2 is 2.10 bits per heavy atom. The highest BCUT2D eigenvalue weighted by Gasteiger charge is 2.38. The molecule has 2 heterocycles. The molecule has 0 atom stereocenters. The van der Waals surface area contributed by atoms with Gasteiger partial charge in [-0.05, 0) is 13.3 Å². The molecule has 112 valence electrons. The fourth-order valence-electron chi connectivity index (χ4n) is 2.65. The maximum atomic E-state index is 12.2. The Morgan fingerprint density at radius 1 is 1.40 bits per heavy atom. The van der Waals surface area contributed by atoms with E-state index in [9.17, 15) is 4.79 Å². The van der Waals surface area contributed by atoms with Crippen LogP contribution in [0.4, 0.5) is 5.82 Å². The molecule has 1 saturated heterocycles. The van der Waals surface area contributed by atoms with Crippen LogP contribution in [0.2, 0.25) is 0 Å². The number of hydrogen-bond donors (Lipinski definition) is 2. The molecule has 0 unspecified atom stereocenters. The van der Waals surface area contributed by atoms with Gasteiger partial charge in [-0.1, -0.05) is 13.3 Å². The lowest BCUT2D eigenvalue weighted by Gasteiger charge is -2.35. The van der Waals surface area contributed by atoms with Gasteiger partial charge in [-0.2, -0.15) is 0 Å². The first-order chi connectivity index (χ1) is 9.63. The van der Waals surface area contributed by atoms with Crippen LogP contribution in [-0.2, 0) is 21.5 Å². The van der Waals surface area contributed by atoms with Crippen molar-refractivity contribution in [3.8, 4) is 0 Å². The number of nitrogens with one attached hydrogen (secondary N) is 1. The molecule has 0 amide bonds. The maximum Gasteiger partial charge on any atom is 0.256 e. The molecule has 0 radical (unpaired) electrons. The highest BCUT2D eigenvalue weighted by molar-refractivity contribution is 5.38. The largest absolute Gasteiger partial charge is 0.383 e. The highest BCUT2D eigenvalue weighted by atomic mass is 16.5. The number of nitrogens with two attached hydrogens (primary N) is 1. The van der Waals surface area contributed by atoms with Crippen LogP contribution >= 0.6 is 0 Å². The van der Waals surface area contributed by atoms with Crippen LogP contribution in [-0.4, -0.2) is 29.8 Å². The van der Waals surface area contributed by atoms with Gasteiger partial charge >= 0.3 is 0 Å². The molecule has 6 heteroatoms. The predicted molar refractivity (Wildman–Crippen MR) is 76.6 cm³/mol. The Hall–Kier alpha value is -1.40. The summed E-state index contributed by atoms with van der Waals surface area (Å²) in [6.45, 7) is 5.69. The summed E-state index contributed by atoms with van der Waals surface area (Å²) in [4.78, 5) is 19.5. The maximum absolute atomic E-state index is 12.2. The molecule has 1 aromatic rings. The monoisotopic (exact) mass is 281 g/mol. The van der Waals surface area contributed by atoms with Crippen LogP contribution in [0.15, 0.2) is 4.79 Å². The van der Waals surface area contributed by atoms with Crippen molar-refractivity contribution in [3.63, 3.8) is 0 Å². The van der Waals surface area contributed by atoms with E-state index in [-0.39, 0.29) is 5.56 Å². The van der Waals surface area contributed by atoms with Crippen molar-refractivity contribution in [2.24, 2.45) is 0 Å². The van der Waals surface area contributed by atoms with Crippen molar-refractivity contribution < 1.29 is 9.47 Å². The van der Waals surface area contributed by atoms with E-state index in [1.165, 1.54) is 0 Å². The third kappa shape index (κ3) is 2.86. The number of aromatic nitrogens is 2. The predicted octanol–water partition coefficient (Wildman–Crippen LogP) is 1.35. The summed E-state index contributed by atoms with van der Waals surface area (Å²) in [6.07, 6.45) is 2.85. The Bertz CT molecular complexity index is 501. The van der Waals surface area contributed by atoms with E-state index in [0.717, 1.165) is 6.42 Å². The van der Waals surface area contributed by atoms with Crippen LogP contribution in [0.1, 0.15) is 44.5 Å². The first-order valence-corrected chi connectivity index (χ1v) is 7.24. The molecule has 0 spiro atoms. The van der Waals surface area contributed by atoms with Gasteiger partial charge < -0.3 is 20.2 Å². The van der Waals surface area contributed by atoms with Crippen LogP contribution in [0.5, 0.6) is 0 Å². The van der Waals surface area contributed by atoms with Crippen molar-refractivity contribution in [1.29, 1.82) is 0 Å². The fraction of sp³-hybridized carbons (Fsp3) is 0.714. The molecule has 2 rings (SSSR count). The molecular formula is C14H23N3O3. The summed E-state index contributed by atoms with van der Waals surface area (Å²) in [5, 5.41) is 0. The third-order valence-electron chi connectivity index (χ3n) is 3.70. The van der Waals surface area contributed by atoms with Crippen molar-refractivity contribution in [2.75, 3.05) is 25.6 Å². The summed E-state index contributed by atoms with van der Waals surface area (Å²) in [6, 6.07) is 0. The number of nitrogen functional groups attached to an aromatic ring is 1. The zero-order valence-corrected chi connectivity index (χ0v) is 12.2. The van der Waals surface area contributed by atoms with E-state index >= 15 is 0 Å². The zero-order valence-electron chi connectivity index (χ0n) is 12.2. The lowest BCUT2D eigenvalue weighted by molar-refractivity contribution is -0.117. The van der Waals surface area contributed by atoms with Gasteiger partial charge in [-0.15, -0.1) is 0 Å². The minimum Gasteiger partial charge on any atom is -0.383 e. The summed E-state index contributed by atoms with van der Waals surface area (Å²) >= 11 is 0. The molecule has 3 N–H and O–H groups in total. The fourth-order valence-corrected chi connectivity index (χ4v) is 2.65. The van der Waals surface area contributed by atoms with Gasteiger partial charge in [0.1, 0.15) is 17.2 Å². The van der Waals surface area contributed by atoms with Crippen molar-refractivity contribution in [1.82, 2.24) is 9.97 Å². The van der Waals surface area contributed by atoms with Crippen LogP contribution in [0.3, 0.4) is 0 Å². The molecule has 20 heavy (non-hydrogen) atoms. The first kappa shape index (κ1) is 15.0. The Labute approximate surface area is 118 Å². The summed E-state index contributed by atoms with van der Waals surface area (Å²) in [5.41, 5.74) is 5.79. The topological polar surface area (TPSA) is 90.2 Å². The van der Waals surface area contributed by atoms with Crippen molar-refractivity contribution in [3.05, 3.63) is 21.7 Å². The number of hydrogen-bond acceptors (Lipinski definition) is 5. The average molecular weight is 281 g/mol. The average Bonchev–Trinajstić information content (AvgIpc) is 2.44. The highest BCUT2D eigenvalue weighted by Crippen LogP contribution is 2.34. The molecule has 1 aromatic heterocycles. The smallest absolute Gasteiger partial charge is 0.256 e. The molecule has 6 nitrogen and oxygen atoms in total. The zero-order chi connectivity index (χ0) is 14.6. The molecular weight excluding hydrogens is 258 g/mol. The van der Waals surface area contributed by atoms with Crippen LogP contribution in [0.25, 0.3) is 0 Å². The molecule has 0 aromatic carbocycles. The van der Waals surface area contributed by atoms with Gasteiger partial charge in [0, 0.05) is 32.7 Å². The number of H-pyrrole nitrogens is 1. The number of anilines is 1. The second kappa shape index (κ2) is 6.37. The van der Waals surface area contributed by atoms with E-state index in [4.69, 9.17) is 15.2 Å². The minimum absolute atomic E-state index is 0.153. The number of nitrogens with zero attached hydrogens (tertiary/aromatic N) is 1. The van der Waals surface area contributed by atoms with E-state index in [1.54, 1.807) is 0 Å². The number of ether oxygens (including phenoxy) is 2. The van der Waals surface area contributed by atoms with Crippen molar-refractivity contribution >= 4 is 5.82 Å². The van der Waals surface area contributed by atoms with Gasteiger partial charge in [0.05, 0.1) is 5.56 Å². The van der Waals surface area contributed by atoms with Gasteiger partial charge in [0.2, 0.25) is 0 Å². The van der Waals surface area contributed by atoms with Crippen LogP contribution in [0, 0.1) is 0 Å². The lowest BCUT2D eigenvalue weighted by Crippen LogP contribution is -2.40. The molecule has 0 aliphatic carbocycles. The standard InChI is InChI=1S/C14H23N3O3/c1-3-5-10-11(15)16-13(17-12(10)18)14(20-4-2)6-8-19-9-7-14/h3-9H2,1-2H3,(H3,15,16,17,18). The lowest BCUT2D eigenvalue weighted by atomic mass is 9.92. The quantitative estimate of drug-likeness (QED) is 0.850. The molecule has 1 aliphatic rings. The summed E-state index contributed by atoms with van der Waals surface area (Å²) < 4.78 is 11.3. The number of aromatic amines is 1. The number of rotatable bonds is 5. The third-order valence-corrected chi connectivity index (χ3v) is 3.70. The van der Waals surface area contributed by atoms with Gasteiger partial charge in [0.15, 0.2) is 0 Å². The molecule has 0 bridgehead atoms. The minimum atomic E-state index is -0.578. The Kier molecular flexibility index (Phi) is 4.77. The van der Waals surface area contributed by atoms with Gasteiger partial charge in [0.25, 0.3) is 5.56 Å². The van der Waals surface area contributed by atoms with Gasteiger partial charge in [-0.3, -0.25) is 4.79 Å². The van der Waals surface area contributed by atoms with Crippen LogP contribution < -0.4 is 11.3 Å². The second-order valence-electron chi connectivity index (χ2n) is 5.07. The molecule has 1 aliphatic heterocycles. The van der Waals surface area contributed by atoms with E-state index < -0.39 is 5.60 Å².